The summed E-state index contributed by atoms with van der Waals surface area (Å²) < 4.78 is 5.38. The lowest BCUT2D eigenvalue weighted by atomic mass is 10.1. The molecule has 112 valence electrons. The van der Waals surface area contributed by atoms with Crippen LogP contribution in [0.5, 0.6) is 0 Å². The molecule has 0 unspecified atom stereocenters. The van der Waals surface area contributed by atoms with Gasteiger partial charge in [0.25, 0.3) is 5.91 Å². The van der Waals surface area contributed by atoms with Crippen LogP contribution in [0, 0.1) is 0 Å². The number of fused-ring (bicyclic) bond motifs is 1. The summed E-state index contributed by atoms with van der Waals surface area (Å²) in [5, 5.41) is 4.90. The summed E-state index contributed by atoms with van der Waals surface area (Å²) in [5.41, 5.74) is 0.546. The monoisotopic (exact) mass is 306 g/mol. The molecule has 0 saturated heterocycles. The highest BCUT2D eigenvalue weighted by molar-refractivity contribution is 6.34. The minimum Gasteiger partial charge on any atom is -0.381 e. The fraction of sp³-hybridized carbons (Fsp3) is 0.375. The summed E-state index contributed by atoms with van der Waals surface area (Å²) in [6.07, 6.45) is 3.33. The number of carbonyl (C=O) groups is 1. The lowest BCUT2D eigenvalue weighted by Gasteiger charge is -2.08. The van der Waals surface area contributed by atoms with Gasteiger partial charge in [0.1, 0.15) is 5.15 Å². The van der Waals surface area contributed by atoms with Crippen molar-refractivity contribution >= 4 is 28.3 Å². The maximum absolute atomic E-state index is 12.2. The number of carbonyl (C=O) groups excluding carboxylic acids is 1. The number of nitrogens with zero attached hydrogens (tertiary/aromatic N) is 1. The van der Waals surface area contributed by atoms with Crippen molar-refractivity contribution < 1.29 is 9.53 Å². The van der Waals surface area contributed by atoms with Gasteiger partial charge in [-0.3, -0.25) is 4.79 Å². The van der Waals surface area contributed by atoms with Gasteiger partial charge in [0.2, 0.25) is 0 Å². The van der Waals surface area contributed by atoms with Gasteiger partial charge < -0.3 is 10.1 Å². The van der Waals surface area contributed by atoms with Crippen LogP contribution in [0.25, 0.3) is 10.8 Å². The zero-order chi connectivity index (χ0) is 15.1. The first-order valence-corrected chi connectivity index (χ1v) is 7.51. The standard InChI is InChI=1S/C16H19ClN2O2/c1-2-9-21-10-5-8-18-16(20)14-11-19-15(17)13-7-4-3-6-12(13)14/h3-4,6-7,11H,2,5,8-10H2,1H3,(H,18,20). The van der Waals surface area contributed by atoms with E-state index >= 15 is 0 Å². The van der Waals surface area contributed by atoms with E-state index in [0.717, 1.165) is 30.2 Å². The van der Waals surface area contributed by atoms with Crippen LogP contribution in [0.3, 0.4) is 0 Å². The first-order valence-electron chi connectivity index (χ1n) is 7.13. The van der Waals surface area contributed by atoms with Crippen LogP contribution in [-0.2, 0) is 4.74 Å². The van der Waals surface area contributed by atoms with Gasteiger partial charge in [0.05, 0.1) is 5.56 Å². The van der Waals surface area contributed by atoms with Gasteiger partial charge in [-0.1, -0.05) is 42.8 Å². The largest absolute Gasteiger partial charge is 0.381 e. The fourth-order valence-corrected chi connectivity index (χ4v) is 2.27. The third-order valence-electron chi connectivity index (χ3n) is 3.09. The van der Waals surface area contributed by atoms with Crippen LogP contribution in [0.1, 0.15) is 30.1 Å². The molecule has 0 aliphatic rings. The number of amides is 1. The molecule has 1 heterocycles. The van der Waals surface area contributed by atoms with Crippen molar-refractivity contribution in [3.05, 3.63) is 41.2 Å². The Balaban J connectivity index is 1.98. The quantitative estimate of drug-likeness (QED) is 0.630. The fourth-order valence-electron chi connectivity index (χ4n) is 2.06. The molecule has 1 amide bonds. The molecule has 1 aromatic heterocycles. The molecule has 0 radical (unpaired) electrons. The van der Waals surface area contributed by atoms with Gasteiger partial charge in [0, 0.05) is 31.3 Å². The first kappa shape index (κ1) is 15.7. The highest BCUT2D eigenvalue weighted by Crippen LogP contribution is 2.23. The van der Waals surface area contributed by atoms with Gasteiger partial charge >= 0.3 is 0 Å². The number of rotatable bonds is 7. The molecule has 4 nitrogen and oxygen atoms in total. The molecule has 2 aromatic rings. The summed E-state index contributed by atoms with van der Waals surface area (Å²) in [5.74, 6) is -0.133. The van der Waals surface area contributed by atoms with E-state index in [0.29, 0.717) is 23.9 Å². The Hall–Kier alpha value is -1.65. The van der Waals surface area contributed by atoms with Crippen molar-refractivity contribution in [3.8, 4) is 0 Å². The summed E-state index contributed by atoms with van der Waals surface area (Å²) >= 11 is 6.05. The number of aromatic nitrogens is 1. The highest BCUT2D eigenvalue weighted by Gasteiger charge is 2.12. The van der Waals surface area contributed by atoms with Crippen LogP contribution in [0.4, 0.5) is 0 Å². The molecule has 0 saturated carbocycles. The SMILES string of the molecule is CCCOCCCNC(=O)c1cnc(Cl)c2ccccc12. The number of nitrogens with one attached hydrogen (secondary N) is 1. The van der Waals surface area contributed by atoms with Gasteiger partial charge in [0.15, 0.2) is 0 Å². The summed E-state index contributed by atoms with van der Waals surface area (Å²) in [4.78, 5) is 16.3. The number of halogens is 1. The topological polar surface area (TPSA) is 51.2 Å². The molecule has 0 spiro atoms. The van der Waals surface area contributed by atoms with Crippen molar-refractivity contribution in [2.24, 2.45) is 0 Å². The van der Waals surface area contributed by atoms with Crippen LogP contribution in [0.15, 0.2) is 30.5 Å². The van der Waals surface area contributed by atoms with E-state index in [1.54, 1.807) is 0 Å². The Bertz CT molecular complexity index is 616. The molecule has 5 heteroatoms. The van der Waals surface area contributed by atoms with Gasteiger partial charge in [-0.2, -0.15) is 0 Å². The molecule has 0 bridgehead atoms. The van der Waals surface area contributed by atoms with Crippen molar-refractivity contribution in [1.29, 1.82) is 0 Å². The average molecular weight is 307 g/mol. The van der Waals surface area contributed by atoms with E-state index in [1.807, 2.05) is 24.3 Å². The second-order valence-electron chi connectivity index (χ2n) is 4.73. The summed E-state index contributed by atoms with van der Waals surface area (Å²) in [7, 11) is 0. The van der Waals surface area contributed by atoms with Crippen LogP contribution in [0.2, 0.25) is 5.15 Å². The molecular formula is C16H19ClN2O2. The third-order valence-corrected chi connectivity index (χ3v) is 3.39. The molecule has 0 aliphatic heterocycles. The van der Waals surface area contributed by atoms with E-state index in [-0.39, 0.29) is 5.91 Å². The molecule has 0 fully saturated rings. The van der Waals surface area contributed by atoms with Gasteiger partial charge in [-0.25, -0.2) is 4.98 Å². The zero-order valence-electron chi connectivity index (χ0n) is 12.1. The molecular weight excluding hydrogens is 288 g/mol. The summed E-state index contributed by atoms with van der Waals surface area (Å²) in [6, 6.07) is 7.50. The average Bonchev–Trinajstić information content (AvgIpc) is 2.51. The normalized spacial score (nSPS) is 10.8. The number of ether oxygens (including phenoxy) is 1. The Morgan fingerprint density at radius 1 is 1.29 bits per heavy atom. The summed E-state index contributed by atoms with van der Waals surface area (Å²) in [6.45, 7) is 4.08. The van der Waals surface area contributed by atoms with Crippen LogP contribution < -0.4 is 5.32 Å². The van der Waals surface area contributed by atoms with Gasteiger partial charge in [-0.15, -0.1) is 0 Å². The van der Waals surface area contributed by atoms with Crippen molar-refractivity contribution in [3.63, 3.8) is 0 Å². The van der Waals surface area contributed by atoms with Crippen LogP contribution >= 0.6 is 11.6 Å². The predicted molar refractivity (Wildman–Crippen MR) is 84.8 cm³/mol. The Morgan fingerprint density at radius 2 is 2.05 bits per heavy atom. The molecule has 0 aliphatic carbocycles. The second-order valence-corrected chi connectivity index (χ2v) is 5.09. The van der Waals surface area contributed by atoms with E-state index in [2.05, 4.69) is 17.2 Å². The lowest BCUT2D eigenvalue weighted by Crippen LogP contribution is -2.25. The van der Waals surface area contributed by atoms with E-state index < -0.39 is 0 Å². The lowest BCUT2D eigenvalue weighted by molar-refractivity contribution is 0.0942. The predicted octanol–water partition coefficient (Wildman–Crippen LogP) is 3.43. The van der Waals surface area contributed by atoms with E-state index in [1.165, 1.54) is 6.20 Å². The number of benzene rings is 1. The zero-order valence-corrected chi connectivity index (χ0v) is 12.8. The first-order chi connectivity index (χ1) is 10.2. The Kier molecular flexibility index (Phi) is 5.96. The minimum atomic E-state index is -0.133. The van der Waals surface area contributed by atoms with Gasteiger partial charge in [-0.05, 0) is 18.2 Å². The molecule has 2 rings (SSSR count). The number of hydrogen-bond donors (Lipinski definition) is 1. The number of hydrogen-bond acceptors (Lipinski definition) is 3. The Morgan fingerprint density at radius 3 is 2.81 bits per heavy atom. The highest BCUT2D eigenvalue weighted by atomic mass is 35.5. The minimum absolute atomic E-state index is 0.133. The van der Waals surface area contributed by atoms with E-state index in [4.69, 9.17) is 16.3 Å². The van der Waals surface area contributed by atoms with E-state index in [9.17, 15) is 4.79 Å². The maximum Gasteiger partial charge on any atom is 0.253 e. The maximum atomic E-state index is 12.2. The van der Waals surface area contributed by atoms with Crippen molar-refractivity contribution in [1.82, 2.24) is 10.3 Å². The Labute approximate surface area is 129 Å². The van der Waals surface area contributed by atoms with Crippen molar-refractivity contribution in [2.45, 2.75) is 19.8 Å². The molecule has 0 atom stereocenters. The molecule has 21 heavy (non-hydrogen) atoms. The van der Waals surface area contributed by atoms with Crippen molar-refractivity contribution in [2.75, 3.05) is 19.8 Å². The molecule has 1 N–H and O–H groups in total. The number of pyridine rings is 1. The smallest absolute Gasteiger partial charge is 0.253 e. The third kappa shape index (κ3) is 4.16. The van der Waals surface area contributed by atoms with Crippen LogP contribution in [-0.4, -0.2) is 30.6 Å². The molecule has 1 aromatic carbocycles. The second kappa shape index (κ2) is 7.96.